The molecule has 10 N–H and O–H groups in total. The van der Waals surface area contributed by atoms with E-state index in [4.69, 9.17) is 52.1 Å². The highest BCUT2D eigenvalue weighted by Crippen LogP contribution is 2.40. The van der Waals surface area contributed by atoms with Crippen molar-refractivity contribution >= 4 is 84.7 Å². The lowest BCUT2D eigenvalue weighted by atomic mass is 9.95. The van der Waals surface area contributed by atoms with E-state index in [0.29, 0.717) is 14.2 Å². The van der Waals surface area contributed by atoms with Gasteiger partial charge in [0.25, 0.3) is 0 Å². The molecule has 0 aromatic carbocycles. The highest BCUT2D eigenvalue weighted by Gasteiger charge is 2.61. The molecule has 0 aliphatic carbocycles. The first-order valence-electron chi connectivity index (χ1n) is 20.3. The molecule has 0 aromatic heterocycles. The van der Waals surface area contributed by atoms with Gasteiger partial charge in [0.05, 0.1) is 13.2 Å². The summed E-state index contributed by atoms with van der Waals surface area (Å²) < 4.78 is 325. The summed E-state index contributed by atoms with van der Waals surface area (Å²) in [5.74, 6) is -4.44. The Hall–Kier alpha value is -2.45. The van der Waals surface area contributed by atoms with Crippen molar-refractivity contribution in [1.82, 2.24) is 0 Å². The molecule has 4 aliphatic heterocycles. The molecule has 0 spiro atoms. The van der Waals surface area contributed by atoms with Gasteiger partial charge in [-0.1, -0.05) is 0 Å². The summed E-state index contributed by atoms with van der Waals surface area (Å²) in [4.78, 5) is 25.5. The molecule has 0 amide bonds. The molecule has 4 heterocycles. The molecule has 4 rings (SSSR count). The van der Waals surface area contributed by atoms with Crippen molar-refractivity contribution in [1.29, 1.82) is 0 Å². The molecular formula is C28H46O44S7. The average molecular weight is 1310 g/mol. The Morgan fingerprint density at radius 2 is 0.646 bits per heavy atom. The molecule has 51 heteroatoms. The van der Waals surface area contributed by atoms with Crippen molar-refractivity contribution in [2.75, 3.05) is 41.7 Å². The second kappa shape index (κ2) is 26.6. The zero-order valence-electron chi connectivity index (χ0n) is 39.2. The second-order valence-electron chi connectivity index (χ2n) is 15.6. The molecule has 0 aromatic rings. The molecule has 464 valence electrons. The lowest BCUT2D eigenvalue weighted by Crippen LogP contribution is -2.69. The summed E-state index contributed by atoms with van der Waals surface area (Å²) in [5.41, 5.74) is 0. The maximum absolute atomic E-state index is 13.1. The van der Waals surface area contributed by atoms with Crippen LogP contribution in [-0.2, 0) is 164 Å². The third kappa shape index (κ3) is 20.1. The first-order chi connectivity index (χ1) is 35.9. The summed E-state index contributed by atoms with van der Waals surface area (Å²) in [6.45, 7) is -3.40. The van der Waals surface area contributed by atoms with E-state index in [1.807, 2.05) is 0 Å². The summed E-state index contributed by atoms with van der Waals surface area (Å²) >= 11 is 0. The van der Waals surface area contributed by atoms with Crippen LogP contribution in [0.25, 0.3) is 0 Å². The Morgan fingerprint density at radius 1 is 0.354 bits per heavy atom. The number of carboxylic acid groups (broad SMARTS) is 2. The lowest BCUT2D eigenvalue weighted by Gasteiger charge is -2.50. The van der Waals surface area contributed by atoms with E-state index in [1.165, 1.54) is 0 Å². The van der Waals surface area contributed by atoms with E-state index in [1.54, 1.807) is 0 Å². The van der Waals surface area contributed by atoms with Gasteiger partial charge in [-0.2, -0.15) is 58.9 Å². The van der Waals surface area contributed by atoms with Crippen molar-refractivity contribution in [2.45, 2.75) is 123 Å². The second-order valence-corrected chi connectivity index (χ2v) is 23.0. The van der Waals surface area contributed by atoms with Crippen LogP contribution in [0.2, 0.25) is 0 Å². The van der Waals surface area contributed by atoms with E-state index in [0.717, 1.165) is 14.2 Å². The molecule has 0 bridgehead atoms. The smallest absolute Gasteiger partial charge is 0.397 e. The van der Waals surface area contributed by atoms with E-state index in [-0.39, 0.29) is 0 Å². The maximum Gasteiger partial charge on any atom is 0.397 e. The number of aliphatic hydroxyl groups is 1. The highest BCUT2D eigenvalue weighted by atomic mass is 32.3. The predicted octanol–water partition coefficient (Wildman–Crippen LogP) is -8.16. The Labute approximate surface area is 444 Å². The van der Waals surface area contributed by atoms with Gasteiger partial charge in [0.2, 0.25) is 0 Å². The Bertz CT molecular complexity index is 2920. The van der Waals surface area contributed by atoms with Gasteiger partial charge in [-0.05, 0) is 0 Å². The number of hydrogen-bond donors (Lipinski definition) is 10. The third-order valence-electron chi connectivity index (χ3n) is 10.6. The van der Waals surface area contributed by atoms with E-state index >= 15 is 0 Å². The average Bonchev–Trinajstić information content (AvgIpc) is 3.26. The third-order valence-corrected chi connectivity index (χ3v) is 13.8. The number of hydrogen-bond acceptors (Lipinski definition) is 35. The minimum absolute atomic E-state index is 0.682. The first kappa shape index (κ1) is 69.0. The zero-order chi connectivity index (χ0) is 60.3. The minimum atomic E-state index is -6.16. The Kier molecular flexibility index (Phi) is 23.3. The molecule has 4 aliphatic rings. The molecule has 0 radical (unpaired) electrons. The largest absolute Gasteiger partial charge is 0.479 e. The number of ether oxygens (including phenoxy) is 11. The lowest BCUT2D eigenvalue weighted by molar-refractivity contribution is -0.381. The highest BCUT2D eigenvalue weighted by molar-refractivity contribution is 7.82. The minimum Gasteiger partial charge on any atom is -0.479 e. The van der Waals surface area contributed by atoms with Gasteiger partial charge in [-0.25, -0.2) is 38.9 Å². The molecule has 20 atom stereocenters. The first-order valence-corrected chi connectivity index (χ1v) is 29.8. The summed E-state index contributed by atoms with van der Waals surface area (Å²) in [7, 11) is -38.1. The number of rotatable bonds is 28. The van der Waals surface area contributed by atoms with Crippen molar-refractivity contribution < 1.29 is 197 Å². The van der Waals surface area contributed by atoms with Gasteiger partial charge >= 0.3 is 84.7 Å². The number of carboxylic acids is 2. The van der Waals surface area contributed by atoms with Crippen LogP contribution in [-0.4, -0.2) is 283 Å². The van der Waals surface area contributed by atoms with Crippen LogP contribution in [0.5, 0.6) is 0 Å². The molecule has 44 nitrogen and oxygen atoms in total. The van der Waals surface area contributed by atoms with Gasteiger partial charge in [0.15, 0.2) is 49.6 Å². The van der Waals surface area contributed by atoms with Gasteiger partial charge in [-0.3, -0.25) is 31.9 Å². The topological polar surface area (TPSA) is 642 Å². The number of carbonyl (C=O) groups is 2. The SMILES string of the molecule is CO[C@@H]1[C@@H](OC)[C@H](O[C@H]2[C@H](OS(=O)(=O)O)[C@@H](OS(=O)(=O)O)[C@H](O)O[C@@H]2COS(=O)(=O)O)O[C@@H](C(=O)O)[C@H]1O[C@@H]1O[C@H](COS(=O)(=O)O)[C@@H](O[C@@H]2O[C@@H](C(=O)O)[C@@H](OS(=O)(=O)O)[C@H](OC)[C@H]2OC)[C@H](OS(=O)(=O)O)[C@H]1OS(=O)(=O)O. The number of aliphatic hydroxyl groups excluding tert-OH is 1. The molecular weight excluding hydrogens is 1260 g/mol. The fourth-order valence-electron chi connectivity index (χ4n) is 7.90. The van der Waals surface area contributed by atoms with Gasteiger partial charge < -0.3 is 67.4 Å². The van der Waals surface area contributed by atoms with Crippen LogP contribution >= 0.6 is 0 Å². The summed E-state index contributed by atoms with van der Waals surface area (Å²) in [6.07, 6.45) is -53.2. The van der Waals surface area contributed by atoms with Gasteiger partial charge in [0.1, 0.15) is 73.2 Å². The van der Waals surface area contributed by atoms with E-state index in [9.17, 15) is 116 Å². The molecule has 0 unspecified atom stereocenters. The van der Waals surface area contributed by atoms with E-state index in [2.05, 4.69) is 29.3 Å². The predicted molar refractivity (Wildman–Crippen MR) is 227 cm³/mol. The fraction of sp³-hybridized carbons (Fsp3) is 0.929. The molecule has 0 saturated carbocycles. The molecule has 79 heavy (non-hydrogen) atoms. The van der Waals surface area contributed by atoms with E-state index < -0.39 is 221 Å². The summed E-state index contributed by atoms with van der Waals surface area (Å²) in [5, 5.41) is 31.0. The van der Waals surface area contributed by atoms with Crippen LogP contribution in [0.15, 0.2) is 0 Å². The van der Waals surface area contributed by atoms with Crippen molar-refractivity contribution in [2.24, 2.45) is 0 Å². The maximum atomic E-state index is 13.1. The Balaban J connectivity index is 1.91. The zero-order valence-corrected chi connectivity index (χ0v) is 44.9. The number of aliphatic carboxylic acids is 2. The van der Waals surface area contributed by atoms with Crippen LogP contribution in [0.3, 0.4) is 0 Å². The standard InChI is InChI=1S/C28H46O44S7/c1-55-11-13(17(23(29)30)66-26(20(11)57-3)63-9-7(5-59-73(34,35)36)61-25(33)19(71-78(49,50)51)14(9)68-75(40,41)42)65-28-22(72-79(52,53)54)15(69-76(43,44)45)10(8(62-28)6-60-74(37,38)39)64-27-21(58-4)12(56-2)16(70-77(46,47)48)18(67-27)24(31)32/h7-22,25-28,33H,5-6H2,1-4H3,(H,29,30)(H,31,32)(H,34,35,36)(H,37,38,39)(H,40,41,42)(H,43,44,45)(H,46,47,48)(H,49,50,51)(H,52,53,54)/t7-,8-,9-,10-,11+,12+,13+,14+,15+,16+,17-,18-,19-,20-,21-,22-,25-,26-,27-,28+/m1/s1. The normalized spacial score (nSPS) is 36.6. The van der Waals surface area contributed by atoms with Crippen LogP contribution in [0.4, 0.5) is 0 Å². The van der Waals surface area contributed by atoms with Gasteiger partial charge in [-0.15, -0.1) is 0 Å². The molecule has 4 fully saturated rings. The van der Waals surface area contributed by atoms with Crippen LogP contribution < -0.4 is 0 Å². The monoisotopic (exact) mass is 1310 g/mol. The summed E-state index contributed by atoms with van der Waals surface area (Å²) in [6, 6.07) is 0. The van der Waals surface area contributed by atoms with Crippen LogP contribution in [0, 0.1) is 0 Å². The fourth-order valence-corrected chi connectivity index (χ4v) is 11.0. The quantitative estimate of drug-likeness (QED) is 0.0325. The van der Waals surface area contributed by atoms with Crippen LogP contribution in [0.1, 0.15) is 0 Å². The van der Waals surface area contributed by atoms with Gasteiger partial charge in [0, 0.05) is 28.4 Å². The van der Waals surface area contributed by atoms with Crippen molar-refractivity contribution in [3.05, 3.63) is 0 Å². The molecule has 4 saturated heterocycles. The Morgan fingerprint density at radius 3 is 1.00 bits per heavy atom. The van der Waals surface area contributed by atoms with Crippen molar-refractivity contribution in [3.8, 4) is 0 Å². The van der Waals surface area contributed by atoms with Crippen molar-refractivity contribution in [3.63, 3.8) is 0 Å². The number of methoxy groups -OCH3 is 4.